The maximum absolute atomic E-state index is 12.2. The number of benzene rings is 2. The molecule has 3 rings (SSSR count). The van der Waals surface area contributed by atoms with Crippen LogP contribution in [0.15, 0.2) is 60.8 Å². The van der Waals surface area contributed by atoms with Crippen molar-refractivity contribution < 1.29 is 14.3 Å². The van der Waals surface area contributed by atoms with Gasteiger partial charge in [0.15, 0.2) is 0 Å². The van der Waals surface area contributed by atoms with Crippen LogP contribution >= 0.6 is 0 Å². The van der Waals surface area contributed by atoms with E-state index in [1.807, 2.05) is 62.4 Å². The van der Waals surface area contributed by atoms with Crippen LogP contribution in [0.3, 0.4) is 0 Å². The van der Waals surface area contributed by atoms with Gasteiger partial charge in [-0.2, -0.15) is 0 Å². The predicted molar refractivity (Wildman–Crippen MR) is 110 cm³/mol. The van der Waals surface area contributed by atoms with Crippen LogP contribution in [0.4, 0.5) is 5.69 Å². The Morgan fingerprint density at radius 3 is 2.43 bits per heavy atom. The standard InChI is InChI=1S/C23H24N2O3/c1-16-8-7-11-21(17(16)2)28-23-13-12-20(14-24-23)25(18(3)26)15-19-9-5-6-10-22(19)27-4/h5-14H,15H2,1-4H3. The fourth-order valence-corrected chi connectivity index (χ4v) is 2.93. The first-order valence-corrected chi connectivity index (χ1v) is 9.09. The van der Waals surface area contributed by atoms with Gasteiger partial charge in [0, 0.05) is 18.6 Å². The molecule has 144 valence electrons. The van der Waals surface area contributed by atoms with E-state index >= 15 is 0 Å². The van der Waals surface area contributed by atoms with E-state index in [4.69, 9.17) is 9.47 Å². The number of aryl methyl sites for hydroxylation is 1. The van der Waals surface area contributed by atoms with Crippen molar-refractivity contribution in [2.45, 2.75) is 27.3 Å². The van der Waals surface area contributed by atoms with Gasteiger partial charge >= 0.3 is 0 Å². The number of aromatic nitrogens is 1. The van der Waals surface area contributed by atoms with Crippen LogP contribution < -0.4 is 14.4 Å². The summed E-state index contributed by atoms with van der Waals surface area (Å²) >= 11 is 0. The van der Waals surface area contributed by atoms with Crippen molar-refractivity contribution in [3.8, 4) is 17.4 Å². The lowest BCUT2D eigenvalue weighted by atomic mass is 10.1. The maximum atomic E-state index is 12.2. The normalized spacial score (nSPS) is 10.4. The number of rotatable bonds is 6. The van der Waals surface area contributed by atoms with E-state index < -0.39 is 0 Å². The monoisotopic (exact) mass is 376 g/mol. The Bertz CT molecular complexity index is 968. The van der Waals surface area contributed by atoms with Crippen LogP contribution in [-0.2, 0) is 11.3 Å². The fourth-order valence-electron chi connectivity index (χ4n) is 2.93. The van der Waals surface area contributed by atoms with Gasteiger partial charge in [-0.25, -0.2) is 4.98 Å². The minimum atomic E-state index is -0.0732. The summed E-state index contributed by atoms with van der Waals surface area (Å²) in [6.07, 6.45) is 1.65. The quantitative estimate of drug-likeness (QED) is 0.604. The highest BCUT2D eigenvalue weighted by atomic mass is 16.5. The fraction of sp³-hybridized carbons (Fsp3) is 0.217. The van der Waals surface area contributed by atoms with Crippen LogP contribution in [0.5, 0.6) is 17.4 Å². The second-order valence-corrected chi connectivity index (χ2v) is 6.57. The molecular formula is C23H24N2O3. The molecule has 0 saturated carbocycles. The summed E-state index contributed by atoms with van der Waals surface area (Å²) in [4.78, 5) is 18.3. The van der Waals surface area contributed by atoms with Gasteiger partial charge in [-0.15, -0.1) is 0 Å². The molecule has 0 saturated heterocycles. The van der Waals surface area contributed by atoms with Gasteiger partial charge in [-0.3, -0.25) is 4.79 Å². The lowest BCUT2D eigenvalue weighted by Crippen LogP contribution is -2.28. The molecule has 5 heteroatoms. The van der Waals surface area contributed by atoms with Gasteiger partial charge in [0.2, 0.25) is 11.8 Å². The first-order valence-electron chi connectivity index (χ1n) is 9.09. The number of methoxy groups -OCH3 is 1. The molecule has 0 aliphatic rings. The number of carbonyl (C=O) groups excluding carboxylic acids is 1. The van der Waals surface area contributed by atoms with Gasteiger partial charge in [-0.05, 0) is 43.2 Å². The molecular weight excluding hydrogens is 352 g/mol. The molecule has 1 amide bonds. The molecule has 28 heavy (non-hydrogen) atoms. The number of para-hydroxylation sites is 1. The molecule has 0 fully saturated rings. The van der Waals surface area contributed by atoms with E-state index in [1.165, 1.54) is 6.92 Å². The summed E-state index contributed by atoms with van der Waals surface area (Å²) in [6, 6.07) is 17.2. The van der Waals surface area contributed by atoms with E-state index in [0.29, 0.717) is 18.1 Å². The number of hydrogen-bond donors (Lipinski definition) is 0. The molecule has 0 atom stereocenters. The highest BCUT2D eigenvalue weighted by Gasteiger charge is 2.15. The number of anilines is 1. The molecule has 1 aromatic heterocycles. The summed E-state index contributed by atoms with van der Waals surface area (Å²) in [5.74, 6) is 1.93. The number of pyridine rings is 1. The number of nitrogens with zero attached hydrogens (tertiary/aromatic N) is 2. The van der Waals surface area contributed by atoms with Gasteiger partial charge < -0.3 is 14.4 Å². The van der Waals surface area contributed by atoms with Crippen molar-refractivity contribution in [2.24, 2.45) is 0 Å². The van der Waals surface area contributed by atoms with Crippen LogP contribution in [0.1, 0.15) is 23.6 Å². The van der Waals surface area contributed by atoms with Crippen LogP contribution in [0, 0.1) is 13.8 Å². The second-order valence-electron chi connectivity index (χ2n) is 6.57. The molecule has 0 radical (unpaired) electrons. The van der Waals surface area contributed by atoms with E-state index in [2.05, 4.69) is 4.98 Å². The number of carbonyl (C=O) groups is 1. The van der Waals surface area contributed by atoms with E-state index in [-0.39, 0.29) is 5.91 Å². The third-order valence-electron chi connectivity index (χ3n) is 4.70. The zero-order valence-corrected chi connectivity index (χ0v) is 16.6. The lowest BCUT2D eigenvalue weighted by molar-refractivity contribution is -0.116. The lowest BCUT2D eigenvalue weighted by Gasteiger charge is -2.22. The minimum Gasteiger partial charge on any atom is -0.496 e. The van der Waals surface area contributed by atoms with Crippen LogP contribution in [0.25, 0.3) is 0 Å². The SMILES string of the molecule is COc1ccccc1CN(C(C)=O)c1ccc(Oc2cccc(C)c2C)nc1. The molecule has 0 aliphatic heterocycles. The molecule has 0 spiro atoms. The smallest absolute Gasteiger partial charge is 0.224 e. The summed E-state index contributed by atoms with van der Waals surface area (Å²) in [5, 5.41) is 0. The predicted octanol–water partition coefficient (Wildman–Crippen LogP) is 5.05. The van der Waals surface area contributed by atoms with Gasteiger partial charge in [-0.1, -0.05) is 30.3 Å². The van der Waals surface area contributed by atoms with E-state index in [0.717, 1.165) is 28.2 Å². The van der Waals surface area contributed by atoms with Gasteiger partial charge in [0.25, 0.3) is 0 Å². The van der Waals surface area contributed by atoms with E-state index in [1.54, 1.807) is 24.3 Å². The topological polar surface area (TPSA) is 51.7 Å². The number of hydrogen-bond acceptors (Lipinski definition) is 4. The average Bonchev–Trinajstić information content (AvgIpc) is 2.70. The zero-order chi connectivity index (χ0) is 20.1. The zero-order valence-electron chi connectivity index (χ0n) is 16.6. The highest BCUT2D eigenvalue weighted by Crippen LogP contribution is 2.28. The first-order chi connectivity index (χ1) is 13.5. The average molecular weight is 376 g/mol. The van der Waals surface area contributed by atoms with Crippen molar-refractivity contribution in [3.63, 3.8) is 0 Å². The van der Waals surface area contributed by atoms with Crippen molar-refractivity contribution in [1.82, 2.24) is 4.98 Å². The Kier molecular flexibility index (Phi) is 5.94. The summed E-state index contributed by atoms with van der Waals surface area (Å²) < 4.78 is 11.3. The van der Waals surface area contributed by atoms with Crippen molar-refractivity contribution >= 4 is 11.6 Å². The Morgan fingerprint density at radius 1 is 1.00 bits per heavy atom. The maximum Gasteiger partial charge on any atom is 0.224 e. The summed E-state index contributed by atoms with van der Waals surface area (Å²) in [7, 11) is 1.62. The Labute approximate surface area is 165 Å². The van der Waals surface area contributed by atoms with Crippen molar-refractivity contribution in [3.05, 3.63) is 77.5 Å². The third-order valence-corrected chi connectivity index (χ3v) is 4.70. The Morgan fingerprint density at radius 2 is 1.75 bits per heavy atom. The number of ether oxygens (including phenoxy) is 2. The number of amides is 1. The van der Waals surface area contributed by atoms with Crippen LogP contribution in [0.2, 0.25) is 0 Å². The molecule has 1 heterocycles. The summed E-state index contributed by atoms with van der Waals surface area (Å²) in [6.45, 7) is 6.00. The molecule has 2 aromatic carbocycles. The Balaban J connectivity index is 1.81. The minimum absolute atomic E-state index is 0.0732. The molecule has 0 aliphatic carbocycles. The van der Waals surface area contributed by atoms with Crippen LogP contribution in [-0.4, -0.2) is 18.0 Å². The van der Waals surface area contributed by atoms with Gasteiger partial charge in [0.05, 0.1) is 25.5 Å². The largest absolute Gasteiger partial charge is 0.496 e. The van der Waals surface area contributed by atoms with Gasteiger partial charge in [0.1, 0.15) is 11.5 Å². The Hall–Kier alpha value is -3.34. The molecule has 5 nitrogen and oxygen atoms in total. The molecule has 0 bridgehead atoms. The third kappa shape index (κ3) is 4.31. The highest BCUT2D eigenvalue weighted by molar-refractivity contribution is 5.91. The van der Waals surface area contributed by atoms with Crippen molar-refractivity contribution in [1.29, 1.82) is 0 Å². The first kappa shape index (κ1) is 19.4. The molecule has 0 N–H and O–H groups in total. The van der Waals surface area contributed by atoms with E-state index in [9.17, 15) is 4.79 Å². The van der Waals surface area contributed by atoms with Crippen molar-refractivity contribution in [2.75, 3.05) is 12.0 Å². The molecule has 3 aromatic rings. The second kappa shape index (κ2) is 8.57. The summed E-state index contributed by atoms with van der Waals surface area (Å²) in [5.41, 5.74) is 3.87. The molecule has 0 unspecified atom stereocenters.